The Morgan fingerprint density at radius 3 is 2.90 bits per heavy atom. The zero-order chi connectivity index (χ0) is 14.8. The predicted molar refractivity (Wildman–Crippen MR) is 82.5 cm³/mol. The number of nitrogens with one attached hydrogen (secondary N) is 1. The highest BCUT2D eigenvalue weighted by atomic mass is 35.5. The van der Waals surface area contributed by atoms with Crippen molar-refractivity contribution in [2.45, 2.75) is 38.6 Å². The zero-order valence-electron chi connectivity index (χ0n) is 12.1. The molecular weight excluding hydrogens is 289 g/mol. The third-order valence-electron chi connectivity index (χ3n) is 3.74. The van der Waals surface area contributed by atoms with Gasteiger partial charge >= 0.3 is 0 Å². The van der Waals surface area contributed by atoms with E-state index in [1.54, 1.807) is 6.07 Å². The van der Waals surface area contributed by atoms with Crippen molar-refractivity contribution < 1.29 is 4.39 Å². The number of nitrogens with zero attached hydrogens (tertiary/aromatic N) is 2. The van der Waals surface area contributed by atoms with Crippen molar-refractivity contribution in [1.29, 1.82) is 0 Å². The lowest BCUT2D eigenvalue weighted by Gasteiger charge is -2.10. The summed E-state index contributed by atoms with van der Waals surface area (Å²) in [5, 5.41) is 8.02. The normalized spacial score (nSPS) is 14.6. The number of rotatable bonds is 6. The molecule has 21 heavy (non-hydrogen) atoms. The van der Waals surface area contributed by atoms with E-state index in [1.807, 2.05) is 16.9 Å². The summed E-state index contributed by atoms with van der Waals surface area (Å²) < 4.78 is 15.5. The van der Waals surface area contributed by atoms with Crippen LogP contribution in [0.1, 0.15) is 43.4 Å². The minimum absolute atomic E-state index is 0.142. The summed E-state index contributed by atoms with van der Waals surface area (Å²) in [6.07, 6.45) is 5.36. The van der Waals surface area contributed by atoms with E-state index in [1.165, 1.54) is 30.2 Å². The fourth-order valence-electron chi connectivity index (χ4n) is 2.54. The van der Waals surface area contributed by atoms with Crippen LogP contribution in [0.3, 0.4) is 0 Å². The molecule has 5 heteroatoms. The number of halogens is 2. The molecule has 3 rings (SSSR count). The fourth-order valence-corrected chi connectivity index (χ4v) is 2.66. The summed E-state index contributed by atoms with van der Waals surface area (Å²) in [5.74, 6) is 0.140. The minimum atomic E-state index is -0.405. The lowest BCUT2D eigenvalue weighted by molar-refractivity contribution is 0.625. The first-order valence-electron chi connectivity index (χ1n) is 7.43. The maximum Gasteiger partial charge on any atom is 0.143 e. The van der Waals surface area contributed by atoms with Gasteiger partial charge in [-0.15, -0.1) is 0 Å². The SMILES string of the molecule is CCCNCc1cnn(-c2ccc(Cl)c(F)c2)c1C1CC1. The smallest absolute Gasteiger partial charge is 0.143 e. The van der Waals surface area contributed by atoms with Gasteiger partial charge in [0.25, 0.3) is 0 Å². The molecular formula is C16H19ClFN3. The van der Waals surface area contributed by atoms with E-state index in [4.69, 9.17) is 11.6 Å². The molecule has 1 saturated carbocycles. The van der Waals surface area contributed by atoms with Crippen LogP contribution >= 0.6 is 11.6 Å². The first-order valence-corrected chi connectivity index (χ1v) is 7.81. The molecule has 0 spiro atoms. The summed E-state index contributed by atoms with van der Waals surface area (Å²) in [7, 11) is 0. The Balaban J connectivity index is 1.92. The van der Waals surface area contributed by atoms with Gasteiger partial charge < -0.3 is 5.32 Å². The zero-order valence-corrected chi connectivity index (χ0v) is 12.8. The van der Waals surface area contributed by atoms with Crippen LogP contribution in [0.2, 0.25) is 5.02 Å². The van der Waals surface area contributed by atoms with Crippen LogP contribution < -0.4 is 5.32 Å². The molecule has 0 saturated heterocycles. The first-order chi connectivity index (χ1) is 10.2. The van der Waals surface area contributed by atoms with Crippen molar-refractivity contribution in [2.75, 3.05) is 6.54 Å². The Morgan fingerprint density at radius 2 is 2.24 bits per heavy atom. The molecule has 0 bridgehead atoms. The number of hydrogen-bond donors (Lipinski definition) is 1. The molecule has 1 aromatic carbocycles. The van der Waals surface area contributed by atoms with E-state index >= 15 is 0 Å². The van der Waals surface area contributed by atoms with Crippen LogP contribution in [0.5, 0.6) is 0 Å². The van der Waals surface area contributed by atoms with Crippen LogP contribution in [0, 0.1) is 5.82 Å². The largest absolute Gasteiger partial charge is 0.313 e. The summed E-state index contributed by atoms with van der Waals surface area (Å²) in [5.41, 5.74) is 3.15. The molecule has 0 atom stereocenters. The topological polar surface area (TPSA) is 29.9 Å². The monoisotopic (exact) mass is 307 g/mol. The van der Waals surface area contributed by atoms with Gasteiger partial charge in [-0.2, -0.15) is 5.10 Å². The maximum atomic E-state index is 13.7. The second-order valence-electron chi connectivity index (χ2n) is 5.52. The molecule has 1 aromatic heterocycles. The lowest BCUT2D eigenvalue weighted by Crippen LogP contribution is -2.15. The van der Waals surface area contributed by atoms with Crippen LogP contribution in [0.4, 0.5) is 4.39 Å². The van der Waals surface area contributed by atoms with Gasteiger partial charge in [0.1, 0.15) is 5.82 Å². The third kappa shape index (κ3) is 3.11. The lowest BCUT2D eigenvalue weighted by atomic mass is 10.1. The Hall–Kier alpha value is -1.39. The Kier molecular flexibility index (Phi) is 4.27. The molecule has 1 aliphatic carbocycles. The number of aromatic nitrogens is 2. The highest BCUT2D eigenvalue weighted by molar-refractivity contribution is 6.30. The first kappa shape index (κ1) is 14.5. The van der Waals surface area contributed by atoms with Gasteiger partial charge in [0.05, 0.1) is 22.6 Å². The molecule has 1 heterocycles. The van der Waals surface area contributed by atoms with Crippen molar-refractivity contribution >= 4 is 11.6 Å². The highest BCUT2D eigenvalue weighted by Gasteiger charge is 2.30. The van der Waals surface area contributed by atoms with Crippen molar-refractivity contribution in [2.24, 2.45) is 0 Å². The van der Waals surface area contributed by atoms with Crippen molar-refractivity contribution in [3.05, 3.63) is 46.5 Å². The van der Waals surface area contributed by atoms with Crippen LogP contribution in [0.25, 0.3) is 5.69 Å². The predicted octanol–water partition coefficient (Wildman–Crippen LogP) is 4.04. The van der Waals surface area contributed by atoms with Gasteiger partial charge in [-0.3, -0.25) is 0 Å². The second kappa shape index (κ2) is 6.16. The van der Waals surface area contributed by atoms with Gasteiger partial charge in [0, 0.05) is 24.1 Å². The molecule has 112 valence electrons. The van der Waals surface area contributed by atoms with E-state index < -0.39 is 5.82 Å². The molecule has 1 aliphatic rings. The summed E-state index contributed by atoms with van der Waals surface area (Å²) in [6, 6.07) is 4.84. The molecule has 1 N–H and O–H groups in total. The van der Waals surface area contributed by atoms with Gasteiger partial charge in [0.2, 0.25) is 0 Å². The van der Waals surface area contributed by atoms with E-state index in [2.05, 4.69) is 17.3 Å². The summed E-state index contributed by atoms with van der Waals surface area (Å²) in [4.78, 5) is 0. The molecule has 0 radical (unpaired) electrons. The Morgan fingerprint density at radius 1 is 1.43 bits per heavy atom. The van der Waals surface area contributed by atoms with E-state index in [0.717, 1.165) is 25.2 Å². The van der Waals surface area contributed by atoms with Crippen molar-refractivity contribution in [3.8, 4) is 5.69 Å². The average molecular weight is 308 g/mol. The number of benzene rings is 1. The molecule has 2 aromatic rings. The van der Waals surface area contributed by atoms with Crippen molar-refractivity contribution in [3.63, 3.8) is 0 Å². The molecule has 0 unspecified atom stereocenters. The molecule has 0 amide bonds. The third-order valence-corrected chi connectivity index (χ3v) is 4.05. The highest BCUT2D eigenvalue weighted by Crippen LogP contribution is 2.42. The minimum Gasteiger partial charge on any atom is -0.313 e. The second-order valence-corrected chi connectivity index (χ2v) is 5.92. The quantitative estimate of drug-likeness (QED) is 0.816. The van der Waals surface area contributed by atoms with Gasteiger partial charge in [0.15, 0.2) is 0 Å². The van der Waals surface area contributed by atoms with E-state index in [-0.39, 0.29) is 5.02 Å². The van der Waals surface area contributed by atoms with Crippen LogP contribution in [-0.4, -0.2) is 16.3 Å². The van der Waals surface area contributed by atoms with Crippen LogP contribution in [0.15, 0.2) is 24.4 Å². The van der Waals surface area contributed by atoms with Gasteiger partial charge in [-0.05, 0) is 37.9 Å². The van der Waals surface area contributed by atoms with Crippen LogP contribution in [-0.2, 0) is 6.54 Å². The van der Waals surface area contributed by atoms with Crippen molar-refractivity contribution in [1.82, 2.24) is 15.1 Å². The molecule has 3 nitrogen and oxygen atoms in total. The Labute approximate surface area is 129 Å². The van der Waals surface area contributed by atoms with E-state index in [0.29, 0.717) is 5.92 Å². The van der Waals surface area contributed by atoms with E-state index in [9.17, 15) is 4.39 Å². The average Bonchev–Trinajstić information content (AvgIpc) is 3.23. The van der Waals surface area contributed by atoms with Gasteiger partial charge in [-0.25, -0.2) is 9.07 Å². The van der Waals surface area contributed by atoms with Gasteiger partial charge in [-0.1, -0.05) is 18.5 Å². The fraction of sp³-hybridized carbons (Fsp3) is 0.438. The Bertz CT molecular complexity index is 634. The number of hydrogen-bond acceptors (Lipinski definition) is 2. The molecule has 1 fully saturated rings. The standard InChI is InChI=1S/C16H19ClFN3/c1-2-7-19-9-12-10-20-21(16(12)11-3-4-11)13-5-6-14(17)15(18)8-13/h5-6,8,10-11,19H,2-4,7,9H2,1H3. The maximum absolute atomic E-state index is 13.7. The molecule has 0 aliphatic heterocycles. The summed E-state index contributed by atoms with van der Waals surface area (Å²) >= 11 is 5.76. The summed E-state index contributed by atoms with van der Waals surface area (Å²) in [6.45, 7) is 3.95.